The minimum atomic E-state index is -0.231. The Morgan fingerprint density at radius 2 is 1.85 bits per heavy atom. The first-order valence-electron chi connectivity index (χ1n) is 7.26. The van der Waals surface area contributed by atoms with Gasteiger partial charge >= 0.3 is 0 Å². The van der Waals surface area contributed by atoms with Crippen molar-refractivity contribution < 1.29 is 9.47 Å². The molecule has 0 spiro atoms. The van der Waals surface area contributed by atoms with Gasteiger partial charge in [0, 0.05) is 33.2 Å². The highest BCUT2D eigenvalue weighted by molar-refractivity contribution is 5.29. The minimum absolute atomic E-state index is 0.0950. The van der Waals surface area contributed by atoms with Crippen molar-refractivity contribution in [2.75, 3.05) is 20.3 Å². The zero-order valence-corrected chi connectivity index (χ0v) is 12.7. The van der Waals surface area contributed by atoms with Crippen molar-refractivity contribution >= 4 is 0 Å². The van der Waals surface area contributed by atoms with Crippen LogP contribution in [0.25, 0.3) is 0 Å². The molecule has 20 heavy (non-hydrogen) atoms. The van der Waals surface area contributed by atoms with Crippen molar-refractivity contribution in [2.24, 2.45) is 5.84 Å². The molecule has 2 rings (SSSR count). The van der Waals surface area contributed by atoms with Crippen LogP contribution in [0.15, 0.2) is 18.2 Å². The lowest BCUT2D eigenvalue weighted by molar-refractivity contribution is -0.110. The Morgan fingerprint density at radius 3 is 2.35 bits per heavy atom. The van der Waals surface area contributed by atoms with Crippen LogP contribution in [0.2, 0.25) is 0 Å². The van der Waals surface area contributed by atoms with Crippen LogP contribution in [0, 0.1) is 13.8 Å². The van der Waals surface area contributed by atoms with Crippen molar-refractivity contribution in [1.29, 1.82) is 0 Å². The number of methoxy groups -OCH3 is 1. The first-order chi connectivity index (χ1) is 9.59. The molecule has 0 aromatic heterocycles. The van der Waals surface area contributed by atoms with Crippen molar-refractivity contribution in [3.8, 4) is 0 Å². The highest BCUT2D eigenvalue weighted by atomic mass is 16.5. The summed E-state index contributed by atoms with van der Waals surface area (Å²) in [7, 11) is 1.77. The molecule has 1 atom stereocenters. The fourth-order valence-electron chi connectivity index (χ4n) is 3.23. The molecule has 1 aliphatic heterocycles. The molecule has 1 heterocycles. The second-order valence-electron chi connectivity index (χ2n) is 5.80. The third-order valence-corrected chi connectivity index (χ3v) is 4.30. The molecular weight excluding hydrogens is 252 g/mol. The number of ether oxygens (including phenoxy) is 2. The van der Waals surface area contributed by atoms with Gasteiger partial charge in [0.1, 0.15) is 0 Å². The van der Waals surface area contributed by atoms with Gasteiger partial charge in [-0.05, 0) is 25.8 Å². The van der Waals surface area contributed by atoms with Crippen LogP contribution in [-0.4, -0.2) is 32.0 Å². The lowest BCUT2D eigenvalue weighted by atomic mass is 9.82. The zero-order valence-electron chi connectivity index (χ0n) is 12.7. The van der Waals surface area contributed by atoms with E-state index in [9.17, 15) is 0 Å². The number of benzene rings is 1. The van der Waals surface area contributed by atoms with Crippen molar-refractivity contribution in [3.05, 3.63) is 34.9 Å². The van der Waals surface area contributed by atoms with E-state index in [-0.39, 0.29) is 11.6 Å². The summed E-state index contributed by atoms with van der Waals surface area (Å²) >= 11 is 0. The van der Waals surface area contributed by atoms with Gasteiger partial charge in [0.25, 0.3) is 0 Å². The number of nitrogens with one attached hydrogen (secondary N) is 1. The average molecular weight is 278 g/mol. The normalized spacial score (nSPS) is 19.8. The van der Waals surface area contributed by atoms with Gasteiger partial charge in [-0.1, -0.05) is 29.3 Å². The molecule has 1 fully saturated rings. The summed E-state index contributed by atoms with van der Waals surface area (Å²) in [6, 6.07) is 6.73. The maximum atomic E-state index is 5.84. The molecule has 0 aliphatic carbocycles. The van der Waals surface area contributed by atoms with E-state index >= 15 is 0 Å². The third kappa shape index (κ3) is 3.38. The lowest BCUT2D eigenvalue weighted by Crippen LogP contribution is -2.58. The van der Waals surface area contributed by atoms with E-state index in [1.54, 1.807) is 7.11 Å². The molecule has 0 bridgehead atoms. The standard InChI is InChI=1S/C16H26N2O2/c1-12-8-13(2)10-14(9-12)11-15(18-17)16(19-3)4-6-20-7-5-16/h8-10,15,18H,4-7,11,17H2,1-3H3. The number of hydrogen-bond acceptors (Lipinski definition) is 4. The average Bonchev–Trinajstić information content (AvgIpc) is 2.44. The van der Waals surface area contributed by atoms with Crippen LogP contribution in [0.4, 0.5) is 0 Å². The molecule has 1 aromatic rings. The Labute approximate surface area is 121 Å². The molecule has 4 nitrogen and oxygen atoms in total. The molecule has 1 unspecified atom stereocenters. The largest absolute Gasteiger partial charge is 0.381 e. The van der Waals surface area contributed by atoms with E-state index in [2.05, 4.69) is 37.5 Å². The quantitative estimate of drug-likeness (QED) is 0.638. The third-order valence-electron chi connectivity index (χ3n) is 4.30. The molecule has 0 radical (unpaired) electrons. The molecule has 4 heteroatoms. The summed E-state index contributed by atoms with van der Waals surface area (Å²) in [6.45, 7) is 5.72. The molecule has 1 aliphatic rings. The van der Waals surface area contributed by atoms with Crippen LogP contribution in [-0.2, 0) is 15.9 Å². The maximum Gasteiger partial charge on any atom is 0.0891 e. The number of aryl methyl sites for hydroxylation is 2. The summed E-state index contributed by atoms with van der Waals surface area (Å²) < 4.78 is 11.3. The van der Waals surface area contributed by atoms with Crippen molar-refractivity contribution in [1.82, 2.24) is 5.43 Å². The predicted octanol–water partition coefficient (Wildman–Crippen LogP) is 1.87. The van der Waals surface area contributed by atoms with Gasteiger partial charge in [0.2, 0.25) is 0 Å². The van der Waals surface area contributed by atoms with E-state index in [1.807, 2.05) is 0 Å². The number of hydrogen-bond donors (Lipinski definition) is 2. The fourth-order valence-corrected chi connectivity index (χ4v) is 3.23. The van der Waals surface area contributed by atoms with E-state index < -0.39 is 0 Å². The summed E-state index contributed by atoms with van der Waals surface area (Å²) in [5, 5.41) is 0. The highest BCUT2D eigenvalue weighted by Crippen LogP contribution is 2.30. The first-order valence-corrected chi connectivity index (χ1v) is 7.26. The minimum Gasteiger partial charge on any atom is -0.381 e. The van der Waals surface area contributed by atoms with Crippen LogP contribution in [0.1, 0.15) is 29.5 Å². The van der Waals surface area contributed by atoms with Gasteiger partial charge in [-0.3, -0.25) is 11.3 Å². The second kappa shape index (κ2) is 6.68. The molecule has 1 aromatic carbocycles. The monoisotopic (exact) mass is 278 g/mol. The van der Waals surface area contributed by atoms with Crippen molar-refractivity contribution in [3.63, 3.8) is 0 Å². The molecule has 112 valence electrons. The van der Waals surface area contributed by atoms with E-state index in [1.165, 1.54) is 16.7 Å². The van der Waals surface area contributed by atoms with Gasteiger partial charge in [-0.25, -0.2) is 0 Å². The van der Waals surface area contributed by atoms with E-state index in [4.69, 9.17) is 15.3 Å². The Balaban J connectivity index is 2.18. The number of rotatable bonds is 5. The lowest BCUT2D eigenvalue weighted by Gasteiger charge is -2.42. The Morgan fingerprint density at radius 1 is 1.25 bits per heavy atom. The first kappa shape index (κ1) is 15.4. The Kier molecular flexibility index (Phi) is 5.16. The SMILES string of the molecule is COC1(C(Cc2cc(C)cc(C)c2)NN)CCOCC1. The molecular formula is C16H26N2O2. The topological polar surface area (TPSA) is 56.5 Å². The smallest absolute Gasteiger partial charge is 0.0891 e. The van der Waals surface area contributed by atoms with E-state index in [0.717, 1.165) is 32.5 Å². The molecule has 0 saturated carbocycles. The van der Waals surface area contributed by atoms with Gasteiger partial charge in [-0.2, -0.15) is 0 Å². The van der Waals surface area contributed by atoms with Gasteiger partial charge in [0.05, 0.1) is 11.6 Å². The maximum absolute atomic E-state index is 5.84. The van der Waals surface area contributed by atoms with E-state index in [0.29, 0.717) is 0 Å². The van der Waals surface area contributed by atoms with Gasteiger partial charge < -0.3 is 9.47 Å². The zero-order chi connectivity index (χ0) is 14.6. The van der Waals surface area contributed by atoms with Gasteiger partial charge in [-0.15, -0.1) is 0 Å². The predicted molar refractivity (Wildman–Crippen MR) is 80.5 cm³/mol. The van der Waals surface area contributed by atoms with Crippen LogP contribution < -0.4 is 11.3 Å². The summed E-state index contributed by atoms with van der Waals surface area (Å²) in [5.74, 6) is 5.82. The Hall–Kier alpha value is -0.940. The summed E-state index contributed by atoms with van der Waals surface area (Å²) in [6.07, 6.45) is 2.62. The molecule has 0 amide bonds. The second-order valence-corrected chi connectivity index (χ2v) is 5.80. The summed E-state index contributed by atoms with van der Waals surface area (Å²) in [5.41, 5.74) is 6.61. The van der Waals surface area contributed by atoms with Gasteiger partial charge in [0.15, 0.2) is 0 Å². The Bertz CT molecular complexity index is 422. The van der Waals surface area contributed by atoms with Crippen molar-refractivity contribution in [2.45, 2.75) is 44.8 Å². The van der Waals surface area contributed by atoms with Crippen LogP contribution in [0.3, 0.4) is 0 Å². The number of hydrazine groups is 1. The number of nitrogens with two attached hydrogens (primary N) is 1. The highest BCUT2D eigenvalue weighted by Gasteiger charge is 2.40. The summed E-state index contributed by atoms with van der Waals surface area (Å²) in [4.78, 5) is 0. The van der Waals surface area contributed by atoms with Crippen LogP contribution >= 0.6 is 0 Å². The molecule has 1 saturated heterocycles. The molecule has 3 N–H and O–H groups in total. The van der Waals surface area contributed by atoms with Crippen LogP contribution in [0.5, 0.6) is 0 Å². The fraction of sp³-hybridized carbons (Fsp3) is 0.625.